The van der Waals surface area contributed by atoms with Crippen molar-refractivity contribution in [1.29, 1.82) is 0 Å². The van der Waals surface area contributed by atoms with Crippen molar-refractivity contribution >= 4 is 17.7 Å². The Morgan fingerprint density at radius 2 is 1.62 bits per heavy atom. The van der Waals surface area contributed by atoms with E-state index >= 15 is 0 Å². The summed E-state index contributed by atoms with van der Waals surface area (Å²) in [5.41, 5.74) is 0. The maximum atomic E-state index is 12.6. The quantitative estimate of drug-likeness (QED) is 0.609. The average molecular weight is 354 g/mol. The van der Waals surface area contributed by atoms with Crippen LogP contribution in [-0.4, -0.2) is 52.8 Å². The molecule has 3 atom stereocenters. The minimum absolute atomic E-state index is 0.0740. The number of rotatable bonds is 4. The Hall–Kier alpha value is -2.63. The number of fused-ring (bicyclic) bond motifs is 1. The van der Waals surface area contributed by atoms with Gasteiger partial charge in [0, 0.05) is 13.1 Å². The number of ether oxygens (including phenoxy) is 1. The van der Waals surface area contributed by atoms with Crippen molar-refractivity contribution in [3.05, 3.63) is 42.5 Å². The largest absolute Gasteiger partial charge is 0.481 e. The summed E-state index contributed by atoms with van der Waals surface area (Å²) in [6, 6.07) is 9.00. The Labute approximate surface area is 152 Å². The SMILES string of the molecule is C[C@H](Oc1ccccc1)C(=O)N1CC(N2C(=O)[C@H]3CC=CC[C@H]3C2=O)C1. The van der Waals surface area contributed by atoms with Crippen molar-refractivity contribution in [3.8, 4) is 5.75 Å². The Morgan fingerprint density at radius 3 is 2.19 bits per heavy atom. The molecule has 6 heteroatoms. The predicted molar refractivity (Wildman–Crippen MR) is 94.1 cm³/mol. The van der Waals surface area contributed by atoms with Crippen molar-refractivity contribution in [2.45, 2.75) is 31.9 Å². The molecule has 0 bridgehead atoms. The smallest absolute Gasteiger partial charge is 0.263 e. The molecule has 0 N–H and O–H groups in total. The molecule has 0 aromatic heterocycles. The molecule has 1 aliphatic carbocycles. The molecule has 1 aromatic carbocycles. The molecule has 136 valence electrons. The molecule has 0 saturated carbocycles. The third kappa shape index (κ3) is 2.79. The van der Waals surface area contributed by atoms with Crippen molar-refractivity contribution in [3.63, 3.8) is 0 Å². The molecule has 2 saturated heterocycles. The zero-order valence-electron chi connectivity index (χ0n) is 14.7. The Bertz CT molecular complexity index is 728. The summed E-state index contributed by atoms with van der Waals surface area (Å²) >= 11 is 0. The average Bonchev–Trinajstić information content (AvgIpc) is 2.87. The number of allylic oxidation sites excluding steroid dienone is 2. The van der Waals surface area contributed by atoms with Crippen molar-refractivity contribution in [2.24, 2.45) is 11.8 Å². The summed E-state index contributed by atoms with van der Waals surface area (Å²) < 4.78 is 5.67. The van der Waals surface area contributed by atoms with Crippen molar-refractivity contribution in [2.75, 3.05) is 13.1 Å². The molecule has 0 spiro atoms. The first-order chi connectivity index (χ1) is 12.6. The normalized spacial score (nSPS) is 26.5. The lowest BCUT2D eigenvalue weighted by atomic mass is 9.85. The van der Waals surface area contributed by atoms with Gasteiger partial charge in [-0.15, -0.1) is 0 Å². The fourth-order valence-corrected chi connectivity index (χ4v) is 4.00. The van der Waals surface area contributed by atoms with E-state index < -0.39 is 6.10 Å². The van der Waals surface area contributed by atoms with E-state index in [1.54, 1.807) is 24.0 Å². The topological polar surface area (TPSA) is 66.9 Å². The number of para-hydroxylation sites is 1. The number of carbonyl (C=O) groups is 3. The highest BCUT2D eigenvalue weighted by Gasteiger charge is 2.52. The number of benzene rings is 1. The molecule has 0 radical (unpaired) electrons. The Kier molecular flexibility index (Phi) is 4.26. The van der Waals surface area contributed by atoms with E-state index in [0.29, 0.717) is 31.7 Å². The molecule has 2 heterocycles. The Morgan fingerprint density at radius 1 is 1.04 bits per heavy atom. The number of imide groups is 1. The van der Waals surface area contributed by atoms with Gasteiger partial charge >= 0.3 is 0 Å². The summed E-state index contributed by atoms with van der Waals surface area (Å²) in [7, 11) is 0. The highest BCUT2D eigenvalue weighted by molar-refractivity contribution is 6.06. The highest BCUT2D eigenvalue weighted by atomic mass is 16.5. The molecule has 3 amide bonds. The fourth-order valence-electron chi connectivity index (χ4n) is 4.00. The molecule has 2 fully saturated rings. The van der Waals surface area contributed by atoms with Gasteiger partial charge in [-0.3, -0.25) is 19.3 Å². The van der Waals surface area contributed by atoms with Crippen LogP contribution in [0.3, 0.4) is 0 Å². The highest BCUT2D eigenvalue weighted by Crippen LogP contribution is 2.37. The van der Waals surface area contributed by atoms with E-state index in [1.165, 1.54) is 4.90 Å². The zero-order valence-corrected chi connectivity index (χ0v) is 14.7. The van der Waals surface area contributed by atoms with E-state index in [4.69, 9.17) is 4.74 Å². The number of nitrogens with zero attached hydrogens (tertiary/aromatic N) is 2. The standard InChI is InChI=1S/C20H22N2O4/c1-13(26-15-7-3-2-4-8-15)18(23)21-11-14(12-21)22-19(24)16-9-5-6-10-17(16)20(22)25/h2-8,13-14,16-17H,9-12H2,1H3/t13-,16-,17+/m0/s1. The lowest BCUT2D eigenvalue weighted by molar-refractivity contribution is -0.155. The molecule has 0 unspecified atom stereocenters. The summed E-state index contributed by atoms with van der Waals surface area (Å²) in [4.78, 5) is 40.7. The van der Waals surface area contributed by atoms with Crippen LogP contribution in [0.4, 0.5) is 0 Å². The molecule has 2 aliphatic heterocycles. The first-order valence-electron chi connectivity index (χ1n) is 9.08. The summed E-state index contributed by atoms with van der Waals surface area (Å²) in [6.45, 7) is 2.51. The lowest BCUT2D eigenvalue weighted by Gasteiger charge is -2.43. The first-order valence-corrected chi connectivity index (χ1v) is 9.08. The Balaban J connectivity index is 1.34. The van der Waals surface area contributed by atoms with Crippen LogP contribution in [0.25, 0.3) is 0 Å². The molecule has 1 aromatic rings. The number of hydrogen-bond acceptors (Lipinski definition) is 4. The van der Waals surface area contributed by atoms with Gasteiger partial charge in [-0.05, 0) is 31.9 Å². The minimum atomic E-state index is -0.602. The number of carbonyl (C=O) groups excluding carboxylic acids is 3. The zero-order chi connectivity index (χ0) is 18.3. The van der Waals surface area contributed by atoms with Crippen LogP contribution < -0.4 is 4.74 Å². The van der Waals surface area contributed by atoms with Crippen molar-refractivity contribution < 1.29 is 19.1 Å². The van der Waals surface area contributed by atoms with Crippen LogP contribution in [0.5, 0.6) is 5.75 Å². The van der Waals surface area contributed by atoms with Gasteiger partial charge in [-0.1, -0.05) is 30.4 Å². The van der Waals surface area contributed by atoms with Crippen LogP contribution in [0.2, 0.25) is 0 Å². The summed E-state index contributed by atoms with van der Waals surface area (Å²) in [5.74, 6) is -0.0459. The second-order valence-corrected chi connectivity index (χ2v) is 7.17. The number of likely N-dealkylation sites (tertiary alicyclic amines) is 2. The molecular weight excluding hydrogens is 332 g/mol. The van der Waals surface area contributed by atoms with E-state index in [1.807, 2.05) is 30.4 Å². The van der Waals surface area contributed by atoms with Gasteiger partial charge in [-0.2, -0.15) is 0 Å². The van der Waals surface area contributed by atoms with Gasteiger partial charge in [-0.25, -0.2) is 0 Å². The maximum absolute atomic E-state index is 12.6. The predicted octanol–water partition coefficient (Wildman–Crippen LogP) is 1.62. The first kappa shape index (κ1) is 16.8. The summed E-state index contributed by atoms with van der Waals surface area (Å²) in [5, 5.41) is 0. The third-order valence-corrected chi connectivity index (χ3v) is 5.48. The van der Waals surface area contributed by atoms with Crippen LogP contribution in [0.15, 0.2) is 42.5 Å². The van der Waals surface area contributed by atoms with Crippen LogP contribution in [0.1, 0.15) is 19.8 Å². The van der Waals surface area contributed by atoms with Gasteiger partial charge in [0.1, 0.15) is 5.75 Å². The minimum Gasteiger partial charge on any atom is -0.481 e. The second kappa shape index (κ2) is 6.59. The lowest BCUT2D eigenvalue weighted by Crippen LogP contribution is -2.64. The molecule has 6 nitrogen and oxygen atoms in total. The van der Waals surface area contributed by atoms with Gasteiger partial charge in [0.05, 0.1) is 17.9 Å². The van der Waals surface area contributed by atoms with Crippen molar-refractivity contribution in [1.82, 2.24) is 9.80 Å². The number of amides is 3. The second-order valence-electron chi connectivity index (χ2n) is 7.17. The van der Waals surface area contributed by atoms with E-state index in [0.717, 1.165) is 0 Å². The number of hydrogen-bond donors (Lipinski definition) is 0. The van der Waals surface area contributed by atoms with Gasteiger partial charge < -0.3 is 9.64 Å². The summed E-state index contributed by atoms with van der Waals surface area (Å²) in [6.07, 6.45) is 4.64. The van der Waals surface area contributed by atoms with E-state index in [2.05, 4.69) is 0 Å². The van der Waals surface area contributed by atoms with Gasteiger partial charge in [0.15, 0.2) is 6.10 Å². The third-order valence-electron chi connectivity index (χ3n) is 5.48. The van der Waals surface area contributed by atoms with E-state index in [9.17, 15) is 14.4 Å². The molecular formula is C20H22N2O4. The molecule has 26 heavy (non-hydrogen) atoms. The van der Waals surface area contributed by atoms with Crippen LogP contribution in [0, 0.1) is 11.8 Å². The van der Waals surface area contributed by atoms with E-state index in [-0.39, 0.29) is 35.6 Å². The molecule has 4 rings (SSSR count). The van der Waals surface area contributed by atoms with Crippen LogP contribution >= 0.6 is 0 Å². The van der Waals surface area contributed by atoms with Crippen LogP contribution in [-0.2, 0) is 14.4 Å². The van der Waals surface area contributed by atoms with Gasteiger partial charge in [0.2, 0.25) is 11.8 Å². The molecule has 3 aliphatic rings. The van der Waals surface area contributed by atoms with Gasteiger partial charge in [0.25, 0.3) is 5.91 Å². The monoisotopic (exact) mass is 354 g/mol. The fraction of sp³-hybridized carbons (Fsp3) is 0.450. The maximum Gasteiger partial charge on any atom is 0.263 e.